The molecule has 0 spiro atoms. The number of rotatable bonds is 5. The minimum atomic E-state index is -0.413. The van der Waals surface area contributed by atoms with Gasteiger partial charge in [-0.3, -0.25) is 4.79 Å². The largest absolute Gasteiger partial charge is 0.355 e. The summed E-state index contributed by atoms with van der Waals surface area (Å²) in [5.74, 6) is 3.86. The van der Waals surface area contributed by atoms with Crippen molar-refractivity contribution in [3.05, 3.63) is 11.7 Å². The molecule has 1 aromatic rings. The Morgan fingerprint density at radius 2 is 1.70 bits per heavy atom. The number of aromatic nitrogens is 2. The molecule has 1 aromatic heterocycles. The first-order chi connectivity index (χ1) is 12.5. The third-order valence-corrected chi connectivity index (χ3v) is 7.55. The average molecular weight is 395 g/mol. The molecule has 0 saturated heterocycles. The topological polar surface area (TPSA) is 94.0 Å². The zero-order valence-corrected chi connectivity index (χ0v) is 16.7. The molecule has 5 aliphatic carbocycles. The maximum atomic E-state index is 13.0. The number of nitrogens with zero attached hydrogens (tertiary/aromatic N) is 2. The third kappa shape index (κ3) is 3.39. The summed E-state index contributed by atoms with van der Waals surface area (Å²) in [6.45, 7) is 0.569. The summed E-state index contributed by atoms with van der Waals surface area (Å²) in [4.78, 5) is 17.5. The number of amides is 1. The lowest BCUT2D eigenvalue weighted by Gasteiger charge is -2.55. The van der Waals surface area contributed by atoms with Crippen LogP contribution < -0.4 is 11.1 Å². The monoisotopic (exact) mass is 394 g/mol. The molecule has 5 fully saturated rings. The Morgan fingerprint density at radius 1 is 1.11 bits per heavy atom. The first kappa shape index (κ1) is 19.2. The van der Waals surface area contributed by atoms with Crippen LogP contribution in [0.2, 0.25) is 0 Å². The van der Waals surface area contributed by atoms with Gasteiger partial charge >= 0.3 is 0 Å². The van der Waals surface area contributed by atoms with Crippen molar-refractivity contribution in [2.24, 2.45) is 28.9 Å². The van der Waals surface area contributed by atoms with Crippen LogP contribution in [0.25, 0.3) is 0 Å². The van der Waals surface area contributed by atoms with Gasteiger partial charge in [-0.1, -0.05) is 18.0 Å². The molecule has 3 N–H and O–H groups in total. The normalized spacial score (nSPS) is 35.8. The van der Waals surface area contributed by atoms with Gasteiger partial charge in [0.05, 0.1) is 5.54 Å². The van der Waals surface area contributed by atoms with Crippen molar-refractivity contribution in [2.45, 2.75) is 76.2 Å². The Hall–Kier alpha value is -1.14. The minimum Gasteiger partial charge on any atom is -0.355 e. The molecule has 0 aliphatic heterocycles. The van der Waals surface area contributed by atoms with E-state index in [0.29, 0.717) is 24.7 Å². The van der Waals surface area contributed by atoms with E-state index >= 15 is 0 Å². The molecule has 7 heteroatoms. The summed E-state index contributed by atoms with van der Waals surface area (Å²) in [7, 11) is 0. The van der Waals surface area contributed by atoms with E-state index in [1.54, 1.807) is 0 Å². The number of carbonyl (C=O) groups excluding carboxylic acids is 1. The second kappa shape index (κ2) is 7.03. The Labute approximate surface area is 166 Å². The molecule has 1 amide bonds. The van der Waals surface area contributed by atoms with Gasteiger partial charge in [-0.05, 0) is 69.1 Å². The smallest absolute Gasteiger partial charge is 0.228 e. The number of hydrogen-bond acceptors (Lipinski definition) is 5. The van der Waals surface area contributed by atoms with Crippen LogP contribution >= 0.6 is 12.4 Å². The SMILES string of the molecule is Cl.NC1(c2noc(CCNC(=O)C34CC5CC(CC(C5)C3)C4)n2)CCCC1. The standard InChI is InChI=1S/C20H30N4O2.ClH/c21-20(4-1-2-5-20)17-23-16(26-24-17)3-6-22-18(25)19-10-13-7-14(11-19)9-15(8-13)12-19;/h13-15H,1-12,21H2,(H,22,25);1H. The van der Waals surface area contributed by atoms with Crippen LogP contribution in [0.5, 0.6) is 0 Å². The van der Waals surface area contributed by atoms with E-state index in [-0.39, 0.29) is 23.7 Å². The fourth-order valence-electron chi connectivity index (χ4n) is 6.65. The van der Waals surface area contributed by atoms with Gasteiger partial charge in [0, 0.05) is 18.4 Å². The molecule has 27 heavy (non-hydrogen) atoms. The number of halogens is 1. The molecule has 0 atom stereocenters. The Bertz CT molecular complexity index is 663. The van der Waals surface area contributed by atoms with Gasteiger partial charge in [0.2, 0.25) is 11.8 Å². The first-order valence-corrected chi connectivity index (χ1v) is 10.4. The van der Waals surface area contributed by atoms with Crippen molar-refractivity contribution < 1.29 is 9.32 Å². The highest BCUT2D eigenvalue weighted by atomic mass is 35.5. The lowest BCUT2D eigenvalue weighted by Crippen LogP contribution is -2.53. The fraction of sp³-hybridized carbons (Fsp3) is 0.850. The molecule has 5 saturated carbocycles. The highest BCUT2D eigenvalue weighted by molar-refractivity contribution is 5.85. The van der Waals surface area contributed by atoms with Crippen LogP contribution in [0.3, 0.4) is 0 Å². The third-order valence-electron chi connectivity index (χ3n) is 7.55. The van der Waals surface area contributed by atoms with E-state index in [9.17, 15) is 4.79 Å². The molecular formula is C20H31ClN4O2. The molecular weight excluding hydrogens is 364 g/mol. The minimum absolute atomic E-state index is 0. The summed E-state index contributed by atoms with van der Waals surface area (Å²) in [6.07, 6.45) is 12.1. The predicted molar refractivity (Wildman–Crippen MR) is 103 cm³/mol. The van der Waals surface area contributed by atoms with E-state index in [4.69, 9.17) is 10.3 Å². The number of hydrogen-bond donors (Lipinski definition) is 2. The van der Waals surface area contributed by atoms with Crippen LogP contribution in [0.1, 0.15) is 75.9 Å². The van der Waals surface area contributed by atoms with Gasteiger partial charge in [0.1, 0.15) is 0 Å². The van der Waals surface area contributed by atoms with Crippen molar-refractivity contribution in [3.8, 4) is 0 Å². The summed E-state index contributed by atoms with van der Waals surface area (Å²) in [5, 5.41) is 7.28. The summed E-state index contributed by atoms with van der Waals surface area (Å²) in [6, 6.07) is 0. The van der Waals surface area contributed by atoms with Crippen LogP contribution in [-0.2, 0) is 16.8 Å². The lowest BCUT2D eigenvalue weighted by atomic mass is 9.49. The van der Waals surface area contributed by atoms with Crippen molar-refractivity contribution in [1.29, 1.82) is 0 Å². The first-order valence-electron chi connectivity index (χ1n) is 10.4. The van der Waals surface area contributed by atoms with Crippen LogP contribution in [0.4, 0.5) is 0 Å². The lowest BCUT2D eigenvalue weighted by molar-refractivity contribution is -0.146. The Morgan fingerprint density at radius 3 is 2.30 bits per heavy atom. The van der Waals surface area contributed by atoms with Crippen molar-refractivity contribution in [1.82, 2.24) is 15.5 Å². The molecule has 0 aromatic carbocycles. The highest BCUT2D eigenvalue weighted by Gasteiger charge is 2.54. The van der Waals surface area contributed by atoms with Gasteiger partial charge in [-0.15, -0.1) is 12.4 Å². The van der Waals surface area contributed by atoms with Crippen LogP contribution in [0, 0.1) is 23.2 Å². The quantitative estimate of drug-likeness (QED) is 0.800. The van der Waals surface area contributed by atoms with Crippen molar-refractivity contribution in [3.63, 3.8) is 0 Å². The maximum absolute atomic E-state index is 13.0. The predicted octanol–water partition coefficient (Wildman–Crippen LogP) is 3.09. The van der Waals surface area contributed by atoms with Gasteiger partial charge in [-0.25, -0.2) is 0 Å². The fourth-order valence-corrected chi connectivity index (χ4v) is 6.65. The van der Waals surface area contributed by atoms with Gasteiger partial charge in [0.15, 0.2) is 5.82 Å². The molecule has 6 rings (SSSR count). The second-order valence-corrected chi connectivity index (χ2v) is 9.58. The van der Waals surface area contributed by atoms with Crippen LogP contribution in [-0.4, -0.2) is 22.6 Å². The van der Waals surface area contributed by atoms with E-state index in [1.165, 1.54) is 19.3 Å². The second-order valence-electron chi connectivity index (χ2n) is 9.58. The molecule has 0 unspecified atom stereocenters. The van der Waals surface area contributed by atoms with E-state index < -0.39 is 5.54 Å². The van der Waals surface area contributed by atoms with E-state index in [0.717, 1.165) is 62.7 Å². The van der Waals surface area contributed by atoms with E-state index in [1.807, 2.05) is 0 Å². The summed E-state index contributed by atoms with van der Waals surface area (Å²) >= 11 is 0. The zero-order chi connectivity index (χ0) is 17.8. The van der Waals surface area contributed by atoms with Crippen molar-refractivity contribution in [2.75, 3.05) is 6.54 Å². The molecule has 1 heterocycles. The highest BCUT2D eigenvalue weighted by Crippen LogP contribution is 2.60. The molecule has 5 aliphatic rings. The van der Waals surface area contributed by atoms with Gasteiger partial charge in [-0.2, -0.15) is 4.98 Å². The maximum Gasteiger partial charge on any atom is 0.228 e. The summed E-state index contributed by atoms with van der Waals surface area (Å²) in [5.41, 5.74) is 5.89. The molecule has 150 valence electrons. The number of nitrogens with two attached hydrogens (primary N) is 1. The Kier molecular flexibility index (Phi) is 5.00. The number of carbonyl (C=O) groups is 1. The number of nitrogens with one attached hydrogen (secondary N) is 1. The summed E-state index contributed by atoms with van der Waals surface area (Å²) < 4.78 is 5.38. The molecule has 6 nitrogen and oxygen atoms in total. The van der Waals surface area contributed by atoms with Crippen molar-refractivity contribution >= 4 is 18.3 Å². The van der Waals surface area contributed by atoms with Gasteiger partial charge < -0.3 is 15.6 Å². The van der Waals surface area contributed by atoms with Gasteiger partial charge in [0.25, 0.3) is 0 Å². The molecule has 4 bridgehead atoms. The van der Waals surface area contributed by atoms with Crippen LogP contribution in [0.15, 0.2) is 4.52 Å². The zero-order valence-electron chi connectivity index (χ0n) is 15.9. The molecule has 0 radical (unpaired) electrons. The average Bonchev–Trinajstić information content (AvgIpc) is 3.24. The Balaban J connectivity index is 0.00000180. The van der Waals surface area contributed by atoms with E-state index in [2.05, 4.69) is 15.5 Å².